The molecule has 10 heteroatoms. The van der Waals surface area contributed by atoms with Crippen molar-refractivity contribution in [1.29, 1.82) is 0 Å². The Kier molecular flexibility index (Phi) is 15.4. The zero-order chi connectivity index (χ0) is 28.9. The molecular weight excluding hydrogens is 504 g/mol. The van der Waals surface area contributed by atoms with Gasteiger partial charge in [0, 0.05) is 12.5 Å². The van der Waals surface area contributed by atoms with Gasteiger partial charge in [-0.25, -0.2) is 9.59 Å². The third kappa shape index (κ3) is 18.5. The Morgan fingerprint density at radius 2 is 1.03 bits per heavy atom. The first kappa shape index (κ1) is 35.7. The van der Waals surface area contributed by atoms with Gasteiger partial charge in [0.25, 0.3) is 0 Å². The molecule has 37 heavy (non-hydrogen) atoms. The van der Waals surface area contributed by atoms with Crippen LogP contribution in [0.3, 0.4) is 0 Å². The number of Topliss-reactive ketones (excluding diaryl/α,β-unsaturated/α-hetero) is 1. The van der Waals surface area contributed by atoms with Gasteiger partial charge in [-0.05, 0) is 70.9 Å². The van der Waals surface area contributed by atoms with Gasteiger partial charge in [-0.15, -0.1) is 0 Å². The highest BCUT2D eigenvalue weighted by atomic mass is 28.4. The van der Waals surface area contributed by atoms with Gasteiger partial charge in [0.1, 0.15) is 26.3 Å². The van der Waals surface area contributed by atoms with E-state index in [9.17, 15) is 14.4 Å². The lowest BCUT2D eigenvalue weighted by atomic mass is 10.3. The topological polar surface area (TPSA) is 78.9 Å². The average Bonchev–Trinajstić information content (AvgIpc) is 2.73. The van der Waals surface area contributed by atoms with Crippen LogP contribution in [0.2, 0.25) is 38.3 Å². The lowest BCUT2D eigenvalue weighted by Crippen LogP contribution is -2.45. The molecule has 0 radical (unpaired) electrons. The van der Waals surface area contributed by atoms with Gasteiger partial charge in [0.2, 0.25) is 5.78 Å². The van der Waals surface area contributed by atoms with Crippen molar-refractivity contribution in [3.63, 3.8) is 0 Å². The summed E-state index contributed by atoms with van der Waals surface area (Å²) in [6.07, 6.45) is 4.54. The quantitative estimate of drug-likeness (QED) is 0.0549. The van der Waals surface area contributed by atoms with Crippen LogP contribution < -0.4 is 0 Å². The molecule has 8 nitrogen and oxygen atoms in total. The van der Waals surface area contributed by atoms with Crippen molar-refractivity contribution in [3.8, 4) is 0 Å². The average molecular weight is 561 g/mol. The number of unbranched alkanes of at least 4 members (excludes halogenated alkanes) is 2. The maximum absolute atomic E-state index is 11.6. The van der Waals surface area contributed by atoms with Crippen LogP contribution in [0, 0.1) is 0 Å². The number of hydrogen-bond donors (Lipinski definition) is 0. The third-order valence-electron chi connectivity index (χ3n) is 6.63. The summed E-state index contributed by atoms with van der Waals surface area (Å²) in [4.78, 5) is 33.9. The van der Waals surface area contributed by atoms with Crippen molar-refractivity contribution in [2.45, 2.75) is 77.8 Å². The fourth-order valence-electron chi connectivity index (χ4n) is 4.25. The Morgan fingerprint density at radius 3 is 1.38 bits per heavy atom. The van der Waals surface area contributed by atoms with Gasteiger partial charge in [0.05, 0.1) is 41.3 Å². The summed E-state index contributed by atoms with van der Waals surface area (Å²) in [5, 5.41) is 0. The molecule has 0 aliphatic heterocycles. The van der Waals surface area contributed by atoms with Crippen molar-refractivity contribution < 1.29 is 36.9 Å². The highest BCUT2D eigenvalue weighted by molar-refractivity contribution is 6.84. The molecule has 0 fully saturated rings. The molecule has 0 atom stereocenters. The molecule has 216 valence electrons. The van der Waals surface area contributed by atoms with E-state index in [4.69, 9.17) is 13.6 Å². The number of hydrogen-bond acceptors (Lipinski definition) is 6. The zero-order valence-electron chi connectivity index (χ0n) is 25.5. The SMILES string of the molecule is C=C(C)C(=O)OCC[N+](C)(C)CCCC[Si](C)(C)O[Si](C)(C)CCCC[N+](C)(C)CCOC(=O)C(C)=O. The smallest absolute Gasteiger partial charge is 0.374 e. The van der Waals surface area contributed by atoms with E-state index in [0.29, 0.717) is 18.7 Å². The number of esters is 2. The minimum atomic E-state index is -1.73. The molecule has 0 rings (SSSR count). The van der Waals surface area contributed by atoms with Gasteiger partial charge >= 0.3 is 11.9 Å². The van der Waals surface area contributed by atoms with Crippen molar-refractivity contribution in [2.75, 3.05) is 67.6 Å². The van der Waals surface area contributed by atoms with E-state index in [1.807, 2.05) is 0 Å². The summed E-state index contributed by atoms with van der Waals surface area (Å²) in [6.45, 7) is 20.2. The number of carbonyl (C=O) groups excluding carboxylic acids is 3. The minimum Gasteiger partial charge on any atom is -0.456 e. The Hall–Kier alpha value is -1.34. The van der Waals surface area contributed by atoms with Gasteiger partial charge in [-0.2, -0.15) is 0 Å². The third-order valence-corrected chi connectivity index (χ3v) is 14.2. The van der Waals surface area contributed by atoms with E-state index >= 15 is 0 Å². The van der Waals surface area contributed by atoms with Crippen LogP contribution in [-0.2, 0) is 28.0 Å². The summed E-state index contributed by atoms with van der Waals surface area (Å²) in [5.41, 5.74) is 0.443. The van der Waals surface area contributed by atoms with Crippen molar-refractivity contribution in [2.24, 2.45) is 0 Å². The predicted molar refractivity (Wildman–Crippen MR) is 155 cm³/mol. The molecule has 0 aromatic carbocycles. The van der Waals surface area contributed by atoms with Crippen LogP contribution >= 0.6 is 0 Å². The number of rotatable bonds is 20. The monoisotopic (exact) mass is 560 g/mol. The maximum Gasteiger partial charge on any atom is 0.374 e. The fraction of sp³-hybridized carbons (Fsp3) is 0.815. The second kappa shape index (κ2) is 15.9. The molecular formula is C27H56N2O6Si2+2. The second-order valence-electron chi connectivity index (χ2n) is 12.9. The Balaban J connectivity index is 4.28. The van der Waals surface area contributed by atoms with Crippen molar-refractivity contribution in [1.82, 2.24) is 0 Å². The number of ether oxygens (including phenoxy) is 2. The van der Waals surface area contributed by atoms with Gasteiger partial charge in [0.15, 0.2) is 16.6 Å². The molecule has 0 saturated carbocycles. The molecule has 0 bridgehead atoms. The van der Waals surface area contributed by atoms with Gasteiger partial charge in [-0.3, -0.25) is 4.79 Å². The van der Waals surface area contributed by atoms with Crippen LogP contribution in [0.1, 0.15) is 39.5 Å². The predicted octanol–water partition coefficient (Wildman–Crippen LogP) is 4.38. The van der Waals surface area contributed by atoms with E-state index in [1.165, 1.54) is 6.92 Å². The molecule has 0 aliphatic carbocycles. The van der Waals surface area contributed by atoms with Crippen LogP contribution in [-0.4, -0.2) is 111 Å². The summed E-state index contributed by atoms with van der Waals surface area (Å²) in [6, 6.07) is 2.31. The Morgan fingerprint density at radius 1 is 0.649 bits per heavy atom. The summed E-state index contributed by atoms with van der Waals surface area (Å²) >= 11 is 0. The highest BCUT2D eigenvalue weighted by Gasteiger charge is 2.32. The van der Waals surface area contributed by atoms with Crippen molar-refractivity contribution >= 4 is 34.4 Å². The zero-order valence-corrected chi connectivity index (χ0v) is 27.5. The highest BCUT2D eigenvalue weighted by Crippen LogP contribution is 2.25. The summed E-state index contributed by atoms with van der Waals surface area (Å²) in [5.74, 6) is -1.61. The van der Waals surface area contributed by atoms with Crippen LogP contribution in [0.4, 0.5) is 0 Å². The van der Waals surface area contributed by atoms with Crippen molar-refractivity contribution in [3.05, 3.63) is 12.2 Å². The van der Waals surface area contributed by atoms with E-state index in [-0.39, 0.29) is 12.6 Å². The van der Waals surface area contributed by atoms with Gasteiger partial charge in [-0.1, -0.05) is 6.58 Å². The Labute approximate surface area is 228 Å². The van der Waals surface area contributed by atoms with E-state index in [1.54, 1.807) is 6.92 Å². The molecule has 0 spiro atoms. The largest absolute Gasteiger partial charge is 0.456 e. The number of likely N-dealkylation sites (N-methyl/N-ethyl adjacent to an activating group) is 2. The molecule has 0 N–H and O–H groups in total. The van der Waals surface area contributed by atoms with Crippen LogP contribution in [0.15, 0.2) is 12.2 Å². The lowest BCUT2D eigenvalue weighted by Gasteiger charge is -2.35. The summed E-state index contributed by atoms with van der Waals surface area (Å²) < 4.78 is 18.7. The first-order chi connectivity index (χ1) is 16.8. The van der Waals surface area contributed by atoms with E-state index in [0.717, 1.165) is 66.4 Å². The van der Waals surface area contributed by atoms with Gasteiger partial charge < -0.3 is 22.6 Å². The molecule has 0 saturated heterocycles. The molecule has 0 heterocycles. The first-order valence-electron chi connectivity index (χ1n) is 13.6. The number of carbonyl (C=O) groups is 3. The van der Waals surface area contributed by atoms with Crippen LogP contribution in [0.25, 0.3) is 0 Å². The maximum atomic E-state index is 11.6. The fourth-order valence-corrected chi connectivity index (χ4v) is 13.3. The lowest BCUT2D eigenvalue weighted by molar-refractivity contribution is -0.890. The molecule has 0 amide bonds. The van der Waals surface area contributed by atoms with Crippen LogP contribution in [0.5, 0.6) is 0 Å². The first-order valence-corrected chi connectivity index (χ1v) is 19.9. The van der Waals surface area contributed by atoms with E-state index in [2.05, 4.69) is 61.0 Å². The number of nitrogens with zero attached hydrogens (tertiary/aromatic N) is 2. The number of quaternary nitrogens is 2. The normalized spacial score (nSPS) is 12.8. The molecule has 0 aromatic rings. The molecule has 0 aliphatic rings. The summed E-state index contributed by atoms with van der Waals surface area (Å²) in [7, 11) is 5.17. The Bertz CT molecular complexity index is 704. The minimum absolute atomic E-state index is 0.271. The molecule has 0 aromatic heterocycles. The number of ketones is 1. The van der Waals surface area contributed by atoms with E-state index < -0.39 is 28.4 Å². The standard InChI is InChI=1S/C27H56N2O6Si2/c1-24(2)26(31)33-20-18-28(4,5)16-12-14-22-36(8,9)35-37(10,11)23-15-13-17-29(6,7)19-21-34-27(32)25(3)30/h1,12-23H2,2-11H3/q+2. The second-order valence-corrected chi connectivity index (χ2v) is 21.8. The molecule has 0 unspecified atom stereocenters.